The SMILES string of the molecule is N#Cc1cccc(NCc2cc(Cl)c(Sc3ccccc3)c(Sc3ccccc3)c2)c1C#N. The second-order valence-corrected chi connectivity index (χ2v) is 9.65. The van der Waals surface area contributed by atoms with Gasteiger partial charge in [0.25, 0.3) is 0 Å². The number of rotatable bonds is 7. The van der Waals surface area contributed by atoms with Gasteiger partial charge in [0.15, 0.2) is 0 Å². The van der Waals surface area contributed by atoms with Crippen LogP contribution in [0.4, 0.5) is 5.69 Å². The number of nitrogens with one attached hydrogen (secondary N) is 1. The number of hydrogen-bond acceptors (Lipinski definition) is 5. The number of hydrogen-bond donors (Lipinski definition) is 1. The molecule has 0 saturated heterocycles. The molecule has 0 aliphatic carbocycles. The summed E-state index contributed by atoms with van der Waals surface area (Å²) in [6, 6.07) is 33.8. The predicted molar refractivity (Wildman–Crippen MR) is 136 cm³/mol. The van der Waals surface area contributed by atoms with Crippen LogP contribution in [-0.4, -0.2) is 0 Å². The van der Waals surface area contributed by atoms with E-state index in [1.54, 1.807) is 41.7 Å². The highest BCUT2D eigenvalue weighted by molar-refractivity contribution is 8.02. The average Bonchev–Trinajstić information content (AvgIpc) is 2.85. The lowest BCUT2D eigenvalue weighted by Crippen LogP contribution is -2.03. The molecule has 0 spiro atoms. The Kier molecular flexibility index (Phi) is 7.60. The van der Waals surface area contributed by atoms with Gasteiger partial charge in [-0.15, -0.1) is 0 Å². The zero-order valence-corrected chi connectivity index (χ0v) is 19.8. The van der Waals surface area contributed by atoms with E-state index in [0.29, 0.717) is 28.4 Å². The van der Waals surface area contributed by atoms with Gasteiger partial charge in [-0.2, -0.15) is 10.5 Å². The van der Waals surface area contributed by atoms with E-state index in [-0.39, 0.29) is 0 Å². The average molecular weight is 484 g/mol. The molecule has 6 heteroatoms. The summed E-state index contributed by atoms with van der Waals surface area (Å²) in [5.41, 5.74) is 2.33. The predicted octanol–water partition coefficient (Wildman–Crippen LogP) is 8.00. The molecule has 0 radical (unpaired) electrons. The molecule has 0 atom stereocenters. The first-order valence-electron chi connectivity index (χ1n) is 10.1. The number of nitrogens with zero attached hydrogens (tertiary/aromatic N) is 2. The van der Waals surface area contributed by atoms with Crippen molar-refractivity contribution in [3.63, 3.8) is 0 Å². The molecule has 0 aromatic heterocycles. The minimum absolute atomic E-state index is 0.348. The Balaban J connectivity index is 1.66. The number of halogens is 1. The van der Waals surface area contributed by atoms with Crippen LogP contribution in [0.2, 0.25) is 5.02 Å². The number of benzene rings is 4. The quantitative estimate of drug-likeness (QED) is 0.288. The van der Waals surface area contributed by atoms with Gasteiger partial charge in [-0.05, 0) is 54.1 Å². The van der Waals surface area contributed by atoms with Crippen LogP contribution >= 0.6 is 35.1 Å². The van der Waals surface area contributed by atoms with E-state index in [0.717, 1.165) is 25.1 Å². The fourth-order valence-corrected chi connectivity index (χ4v) is 5.70. The zero-order chi connectivity index (χ0) is 23.0. The summed E-state index contributed by atoms with van der Waals surface area (Å²) in [7, 11) is 0. The molecule has 0 unspecified atom stereocenters. The maximum atomic E-state index is 9.49. The third-order valence-electron chi connectivity index (χ3n) is 4.78. The van der Waals surface area contributed by atoms with Crippen LogP contribution in [0.1, 0.15) is 16.7 Å². The lowest BCUT2D eigenvalue weighted by atomic mass is 10.1. The minimum Gasteiger partial charge on any atom is -0.380 e. The summed E-state index contributed by atoms with van der Waals surface area (Å²) in [4.78, 5) is 4.31. The molecule has 1 N–H and O–H groups in total. The first-order chi connectivity index (χ1) is 16.2. The summed E-state index contributed by atoms with van der Waals surface area (Å²) in [5.74, 6) is 0. The Morgan fingerprint density at radius 3 is 2.06 bits per heavy atom. The Morgan fingerprint density at radius 1 is 0.758 bits per heavy atom. The number of nitriles is 2. The molecule has 0 fully saturated rings. The Labute approximate surface area is 207 Å². The maximum Gasteiger partial charge on any atom is 0.103 e. The van der Waals surface area contributed by atoms with Gasteiger partial charge in [-0.3, -0.25) is 0 Å². The van der Waals surface area contributed by atoms with Gasteiger partial charge >= 0.3 is 0 Å². The zero-order valence-electron chi connectivity index (χ0n) is 17.5. The molecule has 0 heterocycles. The molecular formula is C27H18ClN3S2. The van der Waals surface area contributed by atoms with Crippen molar-refractivity contribution >= 4 is 40.8 Å². The first kappa shape index (κ1) is 22.8. The normalized spacial score (nSPS) is 10.3. The van der Waals surface area contributed by atoms with E-state index in [9.17, 15) is 10.5 Å². The molecule has 4 aromatic carbocycles. The second-order valence-electron chi connectivity index (χ2n) is 7.04. The van der Waals surface area contributed by atoms with Crippen molar-refractivity contribution in [2.45, 2.75) is 26.1 Å². The topological polar surface area (TPSA) is 59.6 Å². The molecule has 0 aliphatic rings. The summed E-state index contributed by atoms with van der Waals surface area (Å²) in [6.07, 6.45) is 0. The highest BCUT2D eigenvalue weighted by Gasteiger charge is 2.14. The van der Waals surface area contributed by atoms with Crippen molar-refractivity contribution in [2.75, 3.05) is 5.32 Å². The van der Waals surface area contributed by atoms with Crippen LogP contribution < -0.4 is 5.32 Å². The molecule has 33 heavy (non-hydrogen) atoms. The fraction of sp³-hybridized carbons (Fsp3) is 0.0370. The molecule has 0 amide bonds. The molecule has 3 nitrogen and oxygen atoms in total. The van der Waals surface area contributed by atoms with Crippen LogP contribution in [0, 0.1) is 22.7 Å². The van der Waals surface area contributed by atoms with Crippen LogP contribution in [-0.2, 0) is 6.54 Å². The molecule has 4 rings (SSSR count). The van der Waals surface area contributed by atoms with Gasteiger partial charge in [0.05, 0.1) is 21.8 Å². The lowest BCUT2D eigenvalue weighted by molar-refractivity contribution is 1.10. The third-order valence-corrected chi connectivity index (χ3v) is 7.52. The smallest absolute Gasteiger partial charge is 0.103 e. The van der Waals surface area contributed by atoms with Crippen molar-refractivity contribution in [3.05, 3.63) is 113 Å². The van der Waals surface area contributed by atoms with Gasteiger partial charge < -0.3 is 5.32 Å². The van der Waals surface area contributed by atoms with Crippen LogP contribution in [0.3, 0.4) is 0 Å². The molecule has 160 valence electrons. The molecular weight excluding hydrogens is 466 g/mol. The van der Waals surface area contributed by atoms with Crippen LogP contribution in [0.5, 0.6) is 0 Å². The highest BCUT2D eigenvalue weighted by Crippen LogP contribution is 2.43. The third kappa shape index (κ3) is 5.72. The van der Waals surface area contributed by atoms with Gasteiger partial charge in [0.1, 0.15) is 12.1 Å². The highest BCUT2D eigenvalue weighted by atomic mass is 35.5. The van der Waals surface area contributed by atoms with Crippen molar-refractivity contribution in [1.82, 2.24) is 0 Å². The van der Waals surface area contributed by atoms with E-state index in [1.165, 1.54) is 0 Å². The standard InChI is InChI=1S/C27H18ClN3S2/c28-24-14-19(18-31-25-13-7-8-20(16-29)23(25)17-30)15-26(32-21-9-3-1-4-10-21)27(24)33-22-11-5-2-6-12-22/h1-15,31H,18H2. The molecule has 4 aromatic rings. The largest absolute Gasteiger partial charge is 0.380 e. The van der Waals surface area contributed by atoms with Gasteiger partial charge in [0.2, 0.25) is 0 Å². The summed E-state index contributed by atoms with van der Waals surface area (Å²) in [5, 5.41) is 22.7. The second kappa shape index (κ2) is 11.0. The van der Waals surface area contributed by atoms with E-state index >= 15 is 0 Å². The Morgan fingerprint density at radius 2 is 1.42 bits per heavy atom. The van der Waals surface area contributed by atoms with Gasteiger partial charge in [-0.1, -0.05) is 77.6 Å². The van der Waals surface area contributed by atoms with Crippen molar-refractivity contribution in [2.24, 2.45) is 0 Å². The summed E-state index contributed by atoms with van der Waals surface area (Å²) in [6.45, 7) is 0.474. The van der Waals surface area contributed by atoms with Crippen LogP contribution in [0.25, 0.3) is 0 Å². The monoisotopic (exact) mass is 483 g/mol. The fourth-order valence-electron chi connectivity index (χ4n) is 3.23. The summed E-state index contributed by atoms with van der Waals surface area (Å²) < 4.78 is 0. The van der Waals surface area contributed by atoms with Crippen LogP contribution in [0.15, 0.2) is 111 Å². The van der Waals surface area contributed by atoms with Crippen molar-refractivity contribution in [3.8, 4) is 12.1 Å². The summed E-state index contributed by atoms with van der Waals surface area (Å²) >= 11 is 10.1. The Bertz CT molecular complexity index is 1340. The van der Waals surface area contributed by atoms with E-state index in [4.69, 9.17) is 11.6 Å². The van der Waals surface area contributed by atoms with E-state index < -0.39 is 0 Å². The molecule has 0 aliphatic heterocycles. The van der Waals surface area contributed by atoms with Gasteiger partial charge in [0, 0.05) is 26.1 Å². The molecule has 0 saturated carbocycles. The Hall–Kier alpha value is -3.35. The maximum absolute atomic E-state index is 9.49. The van der Waals surface area contributed by atoms with E-state index in [2.05, 4.69) is 47.8 Å². The minimum atomic E-state index is 0.348. The van der Waals surface area contributed by atoms with Crippen molar-refractivity contribution < 1.29 is 0 Å². The first-order valence-corrected chi connectivity index (χ1v) is 12.1. The lowest BCUT2D eigenvalue weighted by Gasteiger charge is -2.15. The van der Waals surface area contributed by atoms with E-state index in [1.807, 2.05) is 42.5 Å². The van der Waals surface area contributed by atoms with Crippen molar-refractivity contribution in [1.29, 1.82) is 10.5 Å². The van der Waals surface area contributed by atoms with Gasteiger partial charge in [-0.25, -0.2) is 0 Å². The molecule has 0 bridgehead atoms. The number of anilines is 1.